The van der Waals surface area contributed by atoms with E-state index in [4.69, 9.17) is 16.0 Å². The monoisotopic (exact) mass is 329 g/mol. The number of furan rings is 1. The SMILES string of the molecule is O=C(C=C(O)c1nc[nH]n1)c1ccoc1Cc1ccccc1Cl. The van der Waals surface area contributed by atoms with Crippen LogP contribution < -0.4 is 0 Å². The number of carbonyl (C=O) groups is 1. The summed E-state index contributed by atoms with van der Waals surface area (Å²) in [5.74, 6) is -0.194. The van der Waals surface area contributed by atoms with Crippen molar-refractivity contribution in [2.45, 2.75) is 6.42 Å². The standard InChI is InChI=1S/C16H12ClN3O3/c17-12-4-2-1-3-10(12)7-15-11(5-6-23-15)13(21)8-14(22)16-18-9-19-20-16/h1-6,8-9,22H,7H2,(H,18,19,20). The molecule has 2 N–H and O–H groups in total. The molecule has 0 unspecified atom stereocenters. The maximum Gasteiger partial charge on any atom is 0.215 e. The first-order valence-corrected chi connectivity index (χ1v) is 7.14. The van der Waals surface area contributed by atoms with Crippen molar-refractivity contribution in [3.05, 3.63) is 76.7 Å². The molecule has 3 aromatic rings. The van der Waals surface area contributed by atoms with Crippen LogP contribution in [0.2, 0.25) is 5.02 Å². The van der Waals surface area contributed by atoms with Crippen LogP contribution in [0.3, 0.4) is 0 Å². The molecular formula is C16H12ClN3O3. The summed E-state index contributed by atoms with van der Waals surface area (Å²) < 4.78 is 5.39. The van der Waals surface area contributed by atoms with Crippen molar-refractivity contribution in [1.29, 1.82) is 0 Å². The summed E-state index contributed by atoms with van der Waals surface area (Å²) in [6.07, 6.45) is 4.18. The van der Waals surface area contributed by atoms with Gasteiger partial charge in [0.05, 0.1) is 11.8 Å². The number of ketones is 1. The number of nitrogens with zero attached hydrogens (tertiary/aromatic N) is 2. The number of nitrogens with one attached hydrogen (secondary N) is 1. The second-order valence-corrected chi connectivity index (χ2v) is 5.15. The number of aliphatic hydroxyl groups is 1. The van der Waals surface area contributed by atoms with Gasteiger partial charge in [-0.25, -0.2) is 4.98 Å². The summed E-state index contributed by atoms with van der Waals surface area (Å²) in [6.45, 7) is 0. The first-order chi connectivity index (χ1) is 11.1. The zero-order valence-electron chi connectivity index (χ0n) is 11.9. The van der Waals surface area contributed by atoms with Crippen molar-refractivity contribution in [2.75, 3.05) is 0 Å². The van der Waals surface area contributed by atoms with Gasteiger partial charge in [-0.1, -0.05) is 29.8 Å². The molecule has 0 aliphatic carbocycles. The topological polar surface area (TPSA) is 92.0 Å². The average Bonchev–Trinajstić information content (AvgIpc) is 3.20. The Morgan fingerprint density at radius 2 is 2.17 bits per heavy atom. The Morgan fingerprint density at radius 3 is 2.91 bits per heavy atom. The molecule has 2 heterocycles. The number of benzene rings is 1. The Labute approximate surface area is 136 Å². The number of aromatic nitrogens is 3. The number of carbonyl (C=O) groups excluding carboxylic acids is 1. The number of aliphatic hydroxyl groups excluding tert-OH is 1. The molecule has 0 aliphatic heterocycles. The number of hydrogen-bond donors (Lipinski definition) is 2. The first kappa shape index (κ1) is 15.1. The van der Waals surface area contributed by atoms with E-state index in [0.29, 0.717) is 22.8 Å². The van der Waals surface area contributed by atoms with Crippen molar-refractivity contribution in [2.24, 2.45) is 0 Å². The Hall–Kier alpha value is -2.86. The average molecular weight is 330 g/mol. The molecule has 0 atom stereocenters. The van der Waals surface area contributed by atoms with Crippen LogP contribution in [-0.2, 0) is 6.42 Å². The molecule has 3 rings (SSSR count). The Balaban J connectivity index is 1.85. The van der Waals surface area contributed by atoms with E-state index < -0.39 is 5.78 Å². The highest BCUT2D eigenvalue weighted by Gasteiger charge is 2.16. The van der Waals surface area contributed by atoms with Gasteiger partial charge in [0.15, 0.2) is 11.5 Å². The molecule has 0 fully saturated rings. The molecule has 0 amide bonds. The van der Waals surface area contributed by atoms with E-state index in [2.05, 4.69) is 15.2 Å². The summed E-state index contributed by atoms with van der Waals surface area (Å²) in [5, 5.41) is 16.6. The third kappa shape index (κ3) is 3.32. The lowest BCUT2D eigenvalue weighted by Gasteiger charge is -2.03. The van der Waals surface area contributed by atoms with Crippen LogP contribution in [0.25, 0.3) is 5.76 Å². The number of allylic oxidation sites excluding steroid dienone is 1. The first-order valence-electron chi connectivity index (χ1n) is 6.76. The minimum Gasteiger partial charge on any atom is -0.504 e. The van der Waals surface area contributed by atoms with Crippen molar-refractivity contribution in [1.82, 2.24) is 15.2 Å². The van der Waals surface area contributed by atoms with E-state index >= 15 is 0 Å². The van der Waals surface area contributed by atoms with Gasteiger partial charge in [0.1, 0.15) is 12.1 Å². The second kappa shape index (κ2) is 6.50. The fraction of sp³-hybridized carbons (Fsp3) is 0.0625. The maximum absolute atomic E-state index is 12.3. The highest BCUT2D eigenvalue weighted by molar-refractivity contribution is 6.31. The molecule has 0 radical (unpaired) electrons. The van der Waals surface area contributed by atoms with E-state index in [9.17, 15) is 9.90 Å². The van der Waals surface area contributed by atoms with Gasteiger partial charge in [-0.15, -0.1) is 0 Å². The van der Waals surface area contributed by atoms with Crippen LogP contribution in [-0.4, -0.2) is 26.1 Å². The molecule has 0 bridgehead atoms. The van der Waals surface area contributed by atoms with Gasteiger partial charge in [-0.2, -0.15) is 5.10 Å². The Kier molecular flexibility index (Phi) is 4.25. The normalized spacial score (nSPS) is 11.6. The molecule has 1 aromatic carbocycles. The zero-order valence-corrected chi connectivity index (χ0v) is 12.6. The molecule has 23 heavy (non-hydrogen) atoms. The summed E-state index contributed by atoms with van der Waals surface area (Å²) in [7, 11) is 0. The van der Waals surface area contributed by atoms with Crippen LogP contribution in [0.1, 0.15) is 27.5 Å². The highest BCUT2D eigenvalue weighted by atomic mass is 35.5. The van der Waals surface area contributed by atoms with Crippen molar-refractivity contribution in [3.63, 3.8) is 0 Å². The molecule has 0 saturated carbocycles. The molecule has 0 saturated heterocycles. The minimum absolute atomic E-state index is 0.0505. The number of rotatable bonds is 5. The smallest absolute Gasteiger partial charge is 0.215 e. The summed E-state index contributed by atoms with van der Waals surface area (Å²) in [5.41, 5.74) is 1.20. The van der Waals surface area contributed by atoms with Crippen LogP contribution in [0.4, 0.5) is 0 Å². The van der Waals surface area contributed by atoms with E-state index in [0.717, 1.165) is 11.6 Å². The summed E-state index contributed by atoms with van der Waals surface area (Å²) in [4.78, 5) is 16.1. The second-order valence-electron chi connectivity index (χ2n) is 4.74. The molecule has 0 spiro atoms. The molecule has 6 nitrogen and oxygen atoms in total. The number of halogens is 1. The quantitative estimate of drug-likeness (QED) is 0.425. The number of hydrogen-bond acceptors (Lipinski definition) is 5. The summed E-state index contributed by atoms with van der Waals surface area (Å²) in [6, 6.07) is 8.88. The van der Waals surface area contributed by atoms with Gasteiger partial charge in [0.2, 0.25) is 5.82 Å². The predicted octanol–water partition coefficient (Wildman–Crippen LogP) is 3.42. The molecule has 0 aliphatic rings. The van der Waals surface area contributed by atoms with Crippen LogP contribution in [0, 0.1) is 0 Å². The van der Waals surface area contributed by atoms with E-state index in [1.165, 1.54) is 12.6 Å². The van der Waals surface area contributed by atoms with E-state index in [1.54, 1.807) is 12.1 Å². The minimum atomic E-state index is -0.400. The predicted molar refractivity (Wildman–Crippen MR) is 84.3 cm³/mol. The van der Waals surface area contributed by atoms with Crippen LogP contribution in [0.15, 0.2) is 53.4 Å². The van der Waals surface area contributed by atoms with Gasteiger partial charge in [0, 0.05) is 17.5 Å². The molecular weight excluding hydrogens is 318 g/mol. The fourth-order valence-corrected chi connectivity index (χ4v) is 2.31. The zero-order chi connectivity index (χ0) is 16.2. The van der Waals surface area contributed by atoms with E-state index in [-0.39, 0.29) is 11.6 Å². The van der Waals surface area contributed by atoms with Gasteiger partial charge in [0.25, 0.3) is 0 Å². The molecule has 116 valence electrons. The maximum atomic E-state index is 12.3. The third-order valence-corrected chi connectivity index (χ3v) is 3.60. The van der Waals surface area contributed by atoms with Crippen LogP contribution >= 0.6 is 11.6 Å². The number of aromatic amines is 1. The number of H-pyrrole nitrogens is 1. The van der Waals surface area contributed by atoms with Gasteiger partial charge < -0.3 is 9.52 Å². The van der Waals surface area contributed by atoms with Crippen molar-refractivity contribution < 1.29 is 14.3 Å². The molecule has 7 heteroatoms. The van der Waals surface area contributed by atoms with Gasteiger partial charge in [-0.05, 0) is 17.7 Å². The van der Waals surface area contributed by atoms with Crippen LogP contribution in [0.5, 0.6) is 0 Å². The van der Waals surface area contributed by atoms with Gasteiger partial charge >= 0.3 is 0 Å². The lowest BCUT2D eigenvalue weighted by Crippen LogP contribution is -2.01. The lowest BCUT2D eigenvalue weighted by atomic mass is 10.0. The largest absolute Gasteiger partial charge is 0.504 e. The van der Waals surface area contributed by atoms with Crippen molar-refractivity contribution >= 4 is 23.1 Å². The Bertz CT molecular complexity index is 853. The highest BCUT2D eigenvalue weighted by Crippen LogP contribution is 2.22. The lowest BCUT2D eigenvalue weighted by molar-refractivity contribution is 0.104. The van der Waals surface area contributed by atoms with E-state index in [1.807, 2.05) is 18.2 Å². The Morgan fingerprint density at radius 1 is 1.35 bits per heavy atom. The fourth-order valence-electron chi connectivity index (χ4n) is 2.11. The van der Waals surface area contributed by atoms with Crippen molar-refractivity contribution in [3.8, 4) is 0 Å². The summed E-state index contributed by atoms with van der Waals surface area (Å²) >= 11 is 6.13. The third-order valence-electron chi connectivity index (χ3n) is 3.23. The van der Waals surface area contributed by atoms with Gasteiger partial charge in [-0.3, -0.25) is 9.89 Å². The molecule has 2 aromatic heterocycles.